The first-order chi connectivity index (χ1) is 9.58. The molecule has 0 aliphatic rings. The predicted molar refractivity (Wildman–Crippen MR) is 86.8 cm³/mol. The first-order valence-electron chi connectivity index (χ1n) is 6.51. The van der Waals surface area contributed by atoms with Crippen molar-refractivity contribution in [2.24, 2.45) is 0 Å². The van der Waals surface area contributed by atoms with Crippen LogP contribution in [0.3, 0.4) is 0 Å². The van der Waals surface area contributed by atoms with Crippen LogP contribution in [0, 0.1) is 12.7 Å². The van der Waals surface area contributed by atoms with Crippen molar-refractivity contribution in [2.45, 2.75) is 20.3 Å². The topological polar surface area (TPSA) is 24.1 Å². The minimum atomic E-state index is -0.284. The molecule has 0 saturated heterocycles. The Morgan fingerprint density at radius 1 is 1.10 bits per heavy atom. The molecule has 20 heavy (non-hydrogen) atoms. The first kappa shape index (κ1) is 14.5. The molecule has 0 bridgehead atoms. The number of benzene rings is 2. The molecular formula is C16H17FN2S. The van der Waals surface area contributed by atoms with Gasteiger partial charge in [0.25, 0.3) is 0 Å². The van der Waals surface area contributed by atoms with Crippen molar-refractivity contribution in [1.29, 1.82) is 0 Å². The van der Waals surface area contributed by atoms with Gasteiger partial charge in [0, 0.05) is 11.4 Å². The van der Waals surface area contributed by atoms with Gasteiger partial charge in [-0.25, -0.2) is 4.39 Å². The Hall–Kier alpha value is -1.94. The Labute approximate surface area is 124 Å². The summed E-state index contributed by atoms with van der Waals surface area (Å²) in [5.74, 6) is -0.284. The third-order valence-electron chi connectivity index (χ3n) is 3.07. The third-order valence-corrected chi connectivity index (χ3v) is 3.27. The van der Waals surface area contributed by atoms with Crippen molar-refractivity contribution < 1.29 is 4.39 Å². The maximum atomic E-state index is 13.2. The van der Waals surface area contributed by atoms with Crippen molar-refractivity contribution in [3.05, 3.63) is 59.4 Å². The second kappa shape index (κ2) is 6.48. The molecule has 0 fully saturated rings. The van der Waals surface area contributed by atoms with Crippen molar-refractivity contribution in [3.63, 3.8) is 0 Å². The molecule has 0 amide bonds. The van der Waals surface area contributed by atoms with E-state index >= 15 is 0 Å². The zero-order valence-corrected chi connectivity index (χ0v) is 12.4. The highest BCUT2D eigenvalue weighted by atomic mass is 32.1. The Morgan fingerprint density at radius 2 is 1.80 bits per heavy atom. The van der Waals surface area contributed by atoms with Gasteiger partial charge in [-0.15, -0.1) is 0 Å². The number of anilines is 2. The fraction of sp³-hybridized carbons (Fsp3) is 0.188. The molecule has 0 atom stereocenters. The predicted octanol–water partition coefficient (Wildman–Crippen LogP) is 4.51. The monoisotopic (exact) mass is 288 g/mol. The maximum absolute atomic E-state index is 13.2. The van der Waals surface area contributed by atoms with Gasteiger partial charge in [0.1, 0.15) is 5.82 Å². The van der Waals surface area contributed by atoms with Crippen LogP contribution in [0.15, 0.2) is 42.5 Å². The zero-order chi connectivity index (χ0) is 14.5. The number of thiocarbonyl (C=S) groups is 1. The highest BCUT2D eigenvalue weighted by molar-refractivity contribution is 7.80. The van der Waals surface area contributed by atoms with E-state index in [0.717, 1.165) is 17.7 Å². The van der Waals surface area contributed by atoms with E-state index in [4.69, 9.17) is 12.2 Å². The van der Waals surface area contributed by atoms with Gasteiger partial charge in [-0.3, -0.25) is 0 Å². The van der Waals surface area contributed by atoms with Gasteiger partial charge in [-0.1, -0.05) is 25.1 Å². The summed E-state index contributed by atoms with van der Waals surface area (Å²) in [5, 5.41) is 6.54. The lowest BCUT2D eigenvalue weighted by molar-refractivity contribution is 0.628. The van der Waals surface area contributed by atoms with E-state index in [2.05, 4.69) is 29.7 Å². The highest BCUT2D eigenvalue weighted by Crippen LogP contribution is 2.17. The van der Waals surface area contributed by atoms with Crippen LogP contribution in [0.1, 0.15) is 18.1 Å². The molecule has 0 saturated carbocycles. The largest absolute Gasteiger partial charge is 0.332 e. The van der Waals surface area contributed by atoms with Crippen molar-refractivity contribution in [2.75, 3.05) is 10.6 Å². The van der Waals surface area contributed by atoms with Crippen molar-refractivity contribution in [1.82, 2.24) is 0 Å². The van der Waals surface area contributed by atoms with Gasteiger partial charge in [-0.05, 0) is 61.0 Å². The number of hydrogen-bond acceptors (Lipinski definition) is 1. The highest BCUT2D eigenvalue weighted by Gasteiger charge is 2.03. The van der Waals surface area contributed by atoms with E-state index in [9.17, 15) is 4.39 Å². The van der Waals surface area contributed by atoms with E-state index in [1.165, 1.54) is 17.7 Å². The summed E-state index contributed by atoms with van der Waals surface area (Å²) in [4.78, 5) is 0. The van der Waals surface area contributed by atoms with Gasteiger partial charge >= 0.3 is 0 Å². The van der Waals surface area contributed by atoms with E-state index in [1.807, 2.05) is 19.1 Å². The molecule has 0 aromatic heterocycles. The van der Waals surface area contributed by atoms with Gasteiger partial charge in [0.2, 0.25) is 0 Å². The summed E-state index contributed by atoms with van der Waals surface area (Å²) in [6.45, 7) is 4.02. The molecule has 0 heterocycles. The molecule has 2 nitrogen and oxygen atoms in total. The summed E-state index contributed by atoms with van der Waals surface area (Å²) in [7, 11) is 0. The van der Waals surface area contributed by atoms with E-state index in [0.29, 0.717) is 10.8 Å². The number of nitrogens with one attached hydrogen (secondary N) is 2. The van der Waals surface area contributed by atoms with Crippen LogP contribution in [-0.2, 0) is 6.42 Å². The lowest BCUT2D eigenvalue weighted by atomic mass is 10.1. The van der Waals surface area contributed by atoms with Crippen LogP contribution in [0.5, 0.6) is 0 Å². The lowest BCUT2D eigenvalue weighted by Gasteiger charge is -2.13. The number of hydrogen-bond donors (Lipinski definition) is 2. The second-order valence-electron chi connectivity index (χ2n) is 4.59. The maximum Gasteiger partial charge on any atom is 0.175 e. The van der Waals surface area contributed by atoms with Crippen LogP contribution in [0.4, 0.5) is 15.8 Å². The number of halogens is 1. The molecule has 0 aliphatic heterocycles. The lowest BCUT2D eigenvalue weighted by Crippen LogP contribution is -2.19. The Balaban J connectivity index is 2.03. The molecule has 104 valence electrons. The van der Waals surface area contributed by atoms with Gasteiger partial charge < -0.3 is 10.6 Å². The average Bonchev–Trinajstić information content (AvgIpc) is 2.43. The summed E-state index contributed by atoms with van der Waals surface area (Å²) in [5.41, 5.74) is 3.80. The molecule has 0 radical (unpaired) electrons. The molecule has 0 aliphatic carbocycles. The fourth-order valence-corrected chi connectivity index (χ4v) is 2.07. The number of aryl methyl sites for hydroxylation is 2. The van der Waals surface area contributed by atoms with Crippen LogP contribution in [0.25, 0.3) is 0 Å². The summed E-state index contributed by atoms with van der Waals surface area (Å²) >= 11 is 5.24. The zero-order valence-electron chi connectivity index (χ0n) is 11.5. The summed E-state index contributed by atoms with van der Waals surface area (Å²) < 4.78 is 13.2. The Kier molecular flexibility index (Phi) is 4.69. The molecule has 2 rings (SSSR count). The van der Waals surface area contributed by atoms with Gasteiger partial charge in [-0.2, -0.15) is 0 Å². The van der Waals surface area contributed by atoms with Gasteiger partial charge in [0.15, 0.2) is 5.11 Å². The smallest absolute Gasteiger partial charge is 0.175 e. The Bertz CT molecular complexity index is 608. The van der Waals surface area contributed by atoms with E-state index in [-0.39, 0.29) is 5.82 Å². The molecule has 0 unspecified atom stereocenters. The summed E-state index contributed by atoms with van der Waals surface area (Å²) in [6, 6.07) is 12.6. The van der Waals surface area contributed by atoms with Crippen LogP contribution in [0.2, 0.25) is 0 Å². The van der Waals surface area contributed by atoms with Gasteiger partial charge in [0.05, 0.1) is 0 Å². The molecule has 2 aromatic carbocycles. The fourth-order valence-electron chi connectivity index (χ4n) is 1.84. The van der Waals surface area contributed by atoms with Crippen LogP contribution in [-0.4, -0.2) is 5.11 Å². The Morgan fingerprint density at radius 3 is 2.45 bits per heavy atom. The average molecular weight is 288 g/mol. The van der Waals surface area contributed by atoms with E-state index in [1.54, 1.807) is 6.07 Å². The third kappa shape index (κ3) is 3.78. The first-order valence-corrected chi connectivity index (χ1v) is 6.92. The molecule has 4 heteroatoms. The van der Waals surface area contributed by atoms with Crippen molar-refractivity contribution >= 4 is 28.7 Å². The SMILES string of the molecule is CCc1ccc(NC(=S)Nc2cc(F)ccc2C)cc1. The van der Waals surface area contributed by atoms with Crippen LogP contribution >= 0.6 is 12.2 Å². The minimum absolute atomic E-state index is 0.284. The molecule has 0 spiro atoms. The normalized spacial score (nSPS) is 10.2. The van der Waals surface area contributed by atoms with E-state index < -0.39 is 0 Å². The molecule has 2 aromatic rings. The molecule has 2 N–H and O–H groups in total. The second-order valence-corrected chi connectivity index (χ2v) is 5.00. The number of rotatable bonds is 3. The van der Waals surface area contributed by atoms with Crippen molar-refractivity contribution in [3.8, 4) is 0 Å². The minimum Gasteiger partial charge on any atom is -0.332 e. The molecular weight excluding hydrogens is 271 g/mol. The van der Waals surface area contributed by atoms with Crippen LogP contribution < -0.4 is 10.6 Å². The standard InChI is InChI=1S/C16H17FN2S/c1-3-12-5-8-14(9-6-12)18-16(20)19-15-10-13(17)7-4-11(15)2/h4-10H,3H2,1-2H3,(H2,18,19,20). The quantitative estimate of drug-likeness (QED) is 0.813. The summed E-state index contributed by atoms with van der Waals surface area (Å²) in [6.07, 6.45) is 1.01.